The fourth-order valence-electron chi connectivity index (χ4n) is 3.91. The summed E-state index contributed by atoms with van der Waals surface area (Å²) in [5.74, 6) is 0.841. The zero-order chi connectivity index (χ0) is 22.2. The monoisotopic (exact) mass is 433 g/mol. The lowest BCUT2D eigenvalue weighted by Gasteiger charge is -2.12. The van der Waals surface area contributed by atoms with Crippen molar-refractivity contribution in [2.24, 2.45) is 0 Å². The van der Waals surface area contributed by atoms with Gasteiger partial charge in [-0.05, 0) is 19.1 Å². The van der Waals surface area contributed by atoms with Gasteiger partial charge in [0.15, 0.2) is 11.3 Å². The number of hydrogen-bond acceptors (Lipinski definition) is 7. The second kappa shape index (κ2) is 7.94. The Balaban J connectivity index is 1.50. The van der Waals surface area contributed by atoms with Gasteiger partial charge in [0.05, 0.1) is 31.6 Å². The maximum Gasteiger partial charge on any atom is 0.208 e. The predicted molar refractivity (Wildman–Crippen MR) is 114 cm³/mol. The lowest BCUT2D eigenvalue weighted by molar-refractivity contribution is 0.168. The summed E-state index contributed by atoms with van der Waals surface area (Å²) in [5, 5.41) is 26.4. The van der Waals surface area contributed by atoms with Gasteiger partial charge in [-0.1, -0.05) is 0 Å². The van der Waals surface area contributed by atoms with Gasteiger partial charge in [-0.2, -0.15) is 10.4 Å². The molecular weight excluding hydrogens is 413 g/mol. The molecule has 3 aromatic heterocycles. The Morgan fingerprint density at radius 3 is 3.03 bits per heavy atom. The van der Waals surface area contributed by atoms with Crippen molar-refractivity contribution in [1.29, 1.82) is 5.26 Å². The van der Waals surface area contributed by atoms with E-state index < -0.39 is 6.10 Å². The average Bonchev–Trinajstić information content (AvgIpc) is 3.51. The zero-order valence-corrected chi connectivity index (χ0v) is 17.3. The van der Waals surface area contributed by atoms with Crippen molar-refractivity contribution in [2.75, 3.05) is 11.9 Å². The SMILES string of the molecule is CC(O)Cn1cc(-c2cnc(NCc3c(F)ccc4c3CCO4)n3cc(C#N)nc23)cn1. The lowest BCUT2D eigenvalue weighted by atomic mass is 10.0. The molecule has 0 fully saturated rings. The molecular formula is C22H20FN7O2. The largest absolute Gasteiger partial charge is 0.493 e. The summed E-state index contributed by atoms with van der Waals surface area (Å²) in [5.41, 5.74) is 3.61. The number of aliphatic hydroxyl groups excluding tert-OH is 1. The minimum Gasteiger partial charge on any atom is -0.493 e. The number of halogens is 1. The van der Waals surface area contributed by atoms with Gasteiger partial charge in [-0.3, -0.25) is 9.08 Å². The molecule has 0 bridgehead atoms. The van der Waals surface area contributed by atoms with Crippen LogP contribution in [-0.4, -0.2) is 42.0 Å². The van der Waals surface area contributed by atoms with Crippen LogP contribution in [0.15, 0.2) is 36.9 Å². The van der Waals surface area contributed by atoms with Gasteiger partial charge in [-0.25, -0.2) is 14.4 Å². The van der Waals surface area contributed by atoms with Crippen molar-refractivity contribution in [3.05, 3.63) is 59.6 Å². The summed E-state index contributed by atoms with van der Waals surface area (Å²) in [6.07, 6.45) is 6.81. The molecule has 1 aliphatic rings. The first kappa shape index (κ1) is 20.0. The molecule has 1 unspecified atom stereocenters. The van der Waals surface area contributed by atoms with E-state index in [1.807, 2.05) is 0 Å². The van der Waals surface area contributed by atoms with Crippen LogP contribution in [0.4, 0.5) is 10.3 Å². The van der Waals surface area contributed by atoms with E-state index in [9.17, 15) is 14.8 Å². The number of anilines is 1. The van der Waals surface area contributed by atoms with Gasteiger partial charge in [0.25, 0.3) is 0 Å². The molecule has 0 spiro atoms. The average molecular weight is 433 g/mol. The van der Waals surface area contributed by atoms with E-state index in [2.05, 4.69) is 26.5 Å². The Morgan fingerprint density at radius 1 is 1.34 bits per heavy atom. The van der Waals surface area contributed by atoms with Crippen molar-refractivity contribution in [1.82, 2.24) is 24.1 Å². The lowest BCUT2D eigenvalue weighted by Crippen LogP contribution is -2.11. The summed E-state index contributed by atoms with van der Waals surface area (Å²) >= 11 is 0. The van der Waals surface area contributed by atoms with Crippen LogP contribution in [0.5, 0.6) is 5.75 Å². The standard InChI is InChI=1S/C22H20FN7O2/c1-13(31)10-29-11-14(7-27-29)17-8-25-22(30-12-15(6-24)28-21(17)30)26-9-18-16-4-5-32-20(16)3-2-19(18)23/h2-3,7-8,11-13,31H,4-5,9-10H2,1H3,(H,25,26). The normalized spacial score (nSPS) is 13.6. The highest BCUT2D eigenvalue weighted by molar-refractivity contribution is 5.77. The summed E-state index contributed by atoms with van der Waals surface area (Å²) < 4.78 is 23.3. The fourth-order valence-corrected chi connectivity index (χ4v) is 3.91. The smallest absolute Gasteiger partial charge is 0.208 e. The molecule has 1 atom stereocenters. The number of aromatic nitrogens is 5. The number of hydrogen-bond donors (Lipinski definition) is 2. The van der Waals surface area contributed by atoms with E-state index in [1.165, 1.54) is 6.07 Å². The van der Waals surface area contributed by atoms with Gasteiger partial charge in [0, 0.05) is 47.6 Å². The van der Waals surface area contributed by atoms with Crippen molar-refractivity contribution >= 4 is 11.6 Å². The molecule has 0 amide bonds. The van der Waals surface area contributed by atoms with Crippen LogP contribution >= 0.6 is 0 Å². The number of imidazole rings is 1. The van der Waals surface area contributed by atoms with E-state index in [0.29, 0.717) is 48.0 Å². The Kier molecular flexibility index (Phi) is 4.95. The Morgan fingerprint density at radius 2 is 2.22 bits per heavy atom. The minimum atomic E-state index is -0.533. The molecule has 2 N–H and O–H groups in total. The maximum atomic E-state index is 14.5. The van der Waals surface area contributed by atoms with Crippen LogP contribution in [0.2, 0.25) is 0 Å². The third-order valence-electron chi connectivity index (χ3n) is 5.36. The quantitative estimate of drug-likeness (QED) is 0.480. The molecule has 4 heterocycles. The van der Waals surface area contributed by atoms with E-state index in [1.54, 1.807) is 46.9 Å². The zero-order valence-electron chi connectivity index (χ0n) is 17.3. The van der Waals surface area contributed by atoms with Crippen molar-refractivity contribution in [3.63, 3.8) is 0 Å². The molecule has 1 aromatic carbocycles. The molecule has 9 nitrogen and oxygen atoms in total. The summed E-state index contributed by atoms with van der Waals surface area (Å²) in [6, 6.07) is 5.11. The van der Waals surface area contributed by atoms with Crippen LogP contribution in [0, 0.1) is 17.1 Å². The summed E-state index contributed by atoms with van der Waals surface area (Å²) in [6.45, 7) is 2.80. The van der Waals surface area contributed by atoms with Gasteiger partial charge in [0.1, 0.15) is 17.6 Å². The summed E-state index contributed by atoms with van der Waals surface area (Å²) in [7, 11) is 0. The molecule has 4 aromatic rings. The van der Waals surface area contributed by atoms with Crippen molar-refractivity contribution < 1.29 is 14.2 Å². The van der Waals surface area contributed by atoms with Crippen molar-refractivity contribution in [3.8, 4) is 22.9 Å². The molecule has 5 rings (SSSR count). The molecule has 0 radical (unpaired) electrons. The predicted octanol–water partition coefficient (Wildman–Crippen LogP) is 2.53. The first-order chi connectivity index (χ1) is 15.5. The second-order valence-electron chi connectivity index (χ2n) is 7.68. The second-order valence-corrected chi connectivity index (χ2v) is 7.68. The number of nitrogens with zero attached hydrogens (tertiary/aromatic N) is 6. The van der Waals surface area contributed by atoms with Crippen LogP contribution < -0.4 is 10.1 Å². The van der Waals surface area contributed by atoms with Gasteiger partial charge in [-0.15, -0.1) is 0 Å². The molecule has 0 saturated heterocycles. The molecule has 0 aliphatic carbocycles. The number of benzene rings is 1. The van der Waals surface area contributed by atoms with Crippen LogP contribution in [0.25, 0.3) is 16.8 Å². The van der Waals surface area contributed by atoms with Crippen molar-refractivity contribution in [2.45, 2.75) is 32.5 Å². The topological polar surface area (TPSA) is 113 Å². The van der Waals surface area contributed by atoms with E-state index in [0.717, 1.165) is 11.1 Å². The van der Waals surface area contributed by atoms with Gasteiger partial charge in [0.2, 0.25) is 5.95 Å². The maximum absolute atomic E-state index is 14.5. The number of ether oxygens (including phenoxy) is 1. The minimum absolute atomic E-state index is 0.214. The fraction of sp³-hybridized carbons (Fsp3) is 0.273. The molecule has 10 heteroatoms. The Hall–Kier alpha value is -3.97. The first-order valence-corrected chi connectivity index (χ1v) is 10.2. The highest BCUT2D eigenvalue weighted by Crippen LogP contribution is 2.31. The number of rotatable bonds is 6. The molecule has 162 valence electrons. The van der Waals surface area contributed by atoms with Crippen LogP contribution in [0.3, 0.4) is 0 Å². The highest BCUT2D eigenvalue weighted by Gasteiger charge is 2.20. The first-order valence-electron chi connectivity index (χ1n) is 10.2. The third kappa shape index (κ3) is 3.52. The number of aliphatic hydroxyl groups is 1. The van der Waals surface area contributed by atoms with Gasteiger partial charge >= 0.3 is 0 Å². The Bertz CT molecular complexity index is 1350. The number of fused-ring (bicyclic) bond motifs is 2. The van der Waals surface area contributed by atoms with E-state index in [4.69, 9.17) is 4.74 Å². The number of nitriles is 1. The third-order valence-corrected chi connectivity index (χ3v) is 5.36. The molecule has 0 saturated carbocycles. The molecule has 1 aliphatic heterocycles. The summed E-state index contributed by atoms with van der Waals surface area (Å²) in [4.78, 5) is 8.91. The van der Waals surface area contributed by atoms with Crippen LogP contribution in [0.1, 0.15) is 23.7 Å². The van der Waals surface area contributed by atoms with Crippen LogP contribution in [-0.2, 0) is 19.5 Å². The Labute approximate surface area is 182 Å². The van der Waals surface area contributed by atoms with Gasteiger partial charge < -0.3 is 15.2 Å². The van der Waals surface area contributed by atoms with E-state index in [-0.39, 0.29) is 18.1 Å². The highest BCUT2D eigenvalue weighted by atomic mass is 19.1. The molecule has 32 heavy (non-hydrogen) atoms. The number of nitrogens with one attached hydrogen (secondary N) is 1. The van der Waals surface area contributed by atoms with E-state index >= 15 is 0 Å².